The number of aryl methyl sites for hydroxylation is 2. The highest BCUT2D eigenvalue weighted by atomic mass is 35.5. The largest absolute Gasteiger partial charge is 0.462 e. The topological polar surface area (TPSA) is 32.8 Å². The van der Waals surface area contributed by atoms with E-state index in [9.17, 15) is 4.79 Å². The van der Waals surface area contributed by atoms with E-state index in [1.807, 2.05) is 0 Å². The maximum atomic E-state index is 12.2. The lowest BCUT2D eigenvalue weighted by molar-refractivity contribution is -0.149. The second kappa shape index (κ2) is 9.29. The number of rotatable bonds is 6. The van der Waals surface area contributed by atoms with Crippen LogP contribution in [0.5, 0.6) is 0 Å². The van der Waals surface area contributed by atoms with Gasteiger partial charge < -0.3 is 9.64 Å². The molecule has 0 N–H and O–H groups in total. The monoisotopic (exact) mass is 394 g/mol. The summed E-state index contributed by atoms with van der Waals surface area (Å²) in [5.74, 6) is 0.0346. The lowest BCUT2D eigenvalue weighted by Gasteiger charge is -2.37. The van der Waals surface area contributed by atoms with Crippen molar-refractivity contribution in [1.82, 2.24) is 4.90 Å². The molecule has 2 aliphatic heterocycles. The number of piperazine rings is 1. The first kappa shape index (κ1) is 22.0. The fraction of sp³-hybridized carbons (Fsp3) is 0.682. The zero-order chi connectivity index (χ0) is 18.7. The molecule has 0 radical (unpaired) electrons. The van der Waals surface area contributed by atoms with Gasteiger partial charge in [0.2, 0.25) is 0 Å². The molecule has 2 heterocycles. The summed E-state index contributed by atoms with van der Waals surface area (Å²) in [6.45, 7) is 14.0. The van der Waals surface area contributed by atoms with Gasteiger partial charge >= 0.3 is 5.97 Å². The average Bonchev–Trinajstić information content (AvgIpc) is 2.97. The second-order valence-electron chi connectivity index (χ2n) is 8.08. The van der Waals surface area contributed by atoms with Crippen molar-refractivity contribution < 1.29 is 9.53 Å². The number of nitrogens with zero attached hydrogens (tertiary/aromatic N) is 2. The molecular formula is C22H35ClN2O2. The molecule has 2 fully saturated rings. The number of ether oxygens (including phenoxy) is 1. The van der Waals surface area contributed by atoms with Gasteiger partial charge in [0.05, 0.1) is 5.41 Å². The Kier molecular flexibility index (Phi) is 7.58. The molecule has 0 saturated carbocycles. The van der Waals surface area contributed by atoms with Crippen LogP contribution in [0.1, 0.15) is 50.7 Å². The van der Waals surface area contributed by atoms with E-state index in [1.54, 1.807) is 0 Å². The van der Waals surface area contributed by atoms with Crippen molar-refractivity contribution in [1.29, 1.82) is 0 Å². The molecule has 1 aromatic rings. The standard InChI is InChI=1S/C22H34N2O2.ClH/c1-5-22(6-2)16-19(26-21(22)25)10-11-23-12-14-24(15-13-23)20-17(3)8-7-9-18(20)4;/h7-9,19H,5-6,10-16H2,1-4H3;1H. The van der Waals surface area contributed by atoms with Gasteiger partial charge in [-0.3, -0.25) is 9.69 Å². The molecule has 0 aromatic heterocycles. The molecule has 0 spiro atoms. The number of carbonyl (C=O) groups excluding carboxylic acids is 1. The van der Waals surface area contributed by atoms with Gasteiger partial charge in [-0.2, -0.15) is 0 Å². The lowest BCUT2D eigenvalue weighted by Crippen LogP contribution is -2.47. The smallest absolute Gasteiger partial charge is 0.312 e. The summed E-state index contributed by atoms with van der Waals surface area (Å²) in [4.78, 5) is 17.3. The highest BCUT2D eigenvalue weighted by Crippen LogP contribution is 2.41. The van der Waals surface area contributed by atoms with Crippen LogP contribution in [-0.4, -0.2) is 49.7 Å². The summed E-state index contributed by atoms with van der Waals surface area (Å²) in [6.07, 6.45) is 3.78. The maximum Gasteiger partial charge on any atom is 0.312 e. The van der Waals surface area contributed by atoms with E-state index in [4.69, 9.17) is 4.74 Å². The normalized spacial score (nSPS) is 22.4. The van der Waals surface area contributed by atoms with Crippen LogP contribution >= 0.6 is 12.4 Å². The molecule has 152 valence electrons. The molecule has 2 saturated heterocycles. The SMILES string of the molecule is CCC1(CC)CC(CCN2CCN(c3c(C)cccc3C)CC2)OC1=O.Cl. The Bertz CT molecular complexity index is 617. The van der Waals surface area contributed by atoms with E-state index >= 15 is 0 Å². The number of carbonyl (C=O) groups is 1. The van der Waals surface area contributed by atoms with Crippen LogP contribution in [0, 0.1) is 19.3 Å². The molecule has 3 rings (SSSR count). The summed E-state index contributed by atoms with van der Waals surface area (Å²) in [5, 5.41) is 0. The zero-order valence-corrected chi connectivity index (χ0v) is 18.1. The summed E-state index contributed by atoms with van der Waals surface area (Å²) < 4.78 is 5.70. The molecule has 1 aromatic carbocycles. The van der Waals surface area contributed by atoms with Crippen LogP contribution in [0.15, 0.2) is 18.2 Å². The maximum absolute atomic E-state index is 12.2. The number of halogens is 1. The predicted molar refractivity (Wildman–Crippen MR) is 114 cm³/mol. The third-order valence-electron chi connectivity index (χ3n) is 6.57. The Balaban J connectivity index is 0.00000261. The van der Waals surface area contributed by atoms with Crippen molar-refractivity contribution in [2.45, 2.75) is 59.5 Å². The van der Waals surface area contributed by atoms with E-state index in [0.29, 0.717) is 0 Å². The van der Waals surface area contributed by atoms with E-state index in [-0.39, 0.29) is 29.9 Å². The van der Waals surface area contributed by atoms with Gasteiger partial charge in [-0.15, -0.1) is 12.4 Å². The Labute approximate surface area is 170 Å². The van der Waals surface area contributed by atoms with E-state index in [2.05, 4.69) is 55.7 Å². The number of cyclic esters (lactones) is 1. The Morgan fingerprint density at radius 1 is 1.07 bits per heavy atom. The molecule has 0 bridgehead atoms. The van der Waals surface area contributed by atoms with Crippen LogP contribution < -0.4 is 4.90 Å². The van der Waals surface area contributed by atoms with Crippen LogP contribution in [0.2, 0.25) is 0 Å². The fourth-order valence-electron chi connectivity index (χ4n) is 4.65. The summed E-state index contributed by atoms with van der Waals surface area (Å²) in [6, 6.07) is 6.55. The first-order valence-corrected chi connectivity index (χ1v) is 10.2. The van der Waals surface area contributed by atoms with Gasteiger partial charge in [-0.25, -0.2) is 0 Å². The minimum absolute atomic E-state index is 0. The van der Waals surface area contributed by atoms with Gasteiger partial charge in [0, 0.05) is 44.8 Å². The first-order chi connectivity index (χ1) is 12.5. The van der Waals surface area contributed by atoms with Crippen molar-refractivity contribution in [3.8, 4) is 0 Å². The van der Waals surface area contributed by atoms with Crippen molar-refractivity contribution in [2.24, 2.45) is 5.41 Å². The lowest BCUT2D eigenvalue weighted by atomic mass is 9.79. The Hall–Kier alpha value is -1.26. The van der Waals surface area contributed by atoms with Crippen molar-refractivity contribution >= 4 is 24.1 Å². The molecule has 5 heteroatoms. The first-order valence-electron chi connectivity index (χ1n) is 10.2. The summed E-state index contributed by atoms with van der Waals surface area (Å²) >= 11 is 0. The quantitative estimate of drug-likeness (QED) is 0.671. The highest BCUT2D eigenvalue weighted by Gasteiger charge is 2.46. The molecular weight excluding hydrogens is 360 g/mol. The average molecular weight is 395 g/mol. The number of hydrogen-bond acceptors (Lipinski definition) is 4. The molecule has 1 atom stereocenters. The van der Waals surface area contributed by atoms with Gasteiger partial charge in [-0.05, 0) is 44.2 Å². The van der Waals surface area contributed by atoms with Crippen molar-refractivity contribution in [3.63, 3.8) is 0 Å². The summed E-state index contributed by atoms with van der Waals surface area (Å²) in [7, 11) is 0. The second-order valence-corrected chi connectivity index (χ2v) is 8.08. The minimum Gasteiger partial charge on any atom is -0.462 e. The number of benzene rings is 1. The van der Waals surface area contributed by atoms with E-state index in [1.165, 1.54) is 16.8 Å². The zero-order valence-electron chi connectivity index (χ0n) is 17.3. The molecule has 0 aliphatic carbocycles. The molecule has 27 heavy (non-hydrogen) atoms. The number of esters is 1. The van der Waals surface area contributed by atoms with Crippen LogP contribution in [0.4, 0.5) is 5.69 Å². The Morgan fingerprint density at radius 2 is 1.67 bits per heavy atom. The van der Waals surface area contributed by atoms with E-state index < -0.39 is 0 Å². The number of hydrogen-bond donors (Lipinski definition) is 0. The van der Waals surface area contributed by atoms with Gasteiger partial charge in [0.25, 0.3) is 0 Å². The van der Waals surface area contributed by atoms with Crippen LogP contribution in [0.25, 0.3) is 0 Å². The van der Waals surface area contributed by atoms with Crippen LogP contribution in [0.3, 0.4) is 0 Å². The third kappa shape index (κ3) is 4.60. The number of para-hydroxylation sites is 1. The summed E-state index contributed by atoms with van der Waals surface area (Å²) in [5.41, 5.74) is 3.93. The van der Waals surface area contributed by atoms with Crippen molar-refractivity contribution in [2.75, 3.05) is 37.6 Å². The van der Waals surface area contributed by atoms with Crippen LogP contribution in [-0.2, 0) is 9.53 Å². The highest BCUT2D eigenvalue weighted by molar-refractivity contribution is 5.85. The molecule has 4 nitrogen and oxygen atoms in total. The molecule has 0 amide bonds. The Morgan fingerprint density at radius 3 is 2.19 bits per heavy atom. The number of anilines is 1. The minimum atomic E-state index is -0.217. The van der Waals surface area contributed by atoms with Crippen molar-refractivity contribution in [3.05, 3.63) is 29.3 Å². The molecule has 1 unspecified atom stereocenters. The third-order valence-corrected chi connectivity index (χ3v) is 6.57. The van der Waals surface area contributed by atoms with Gasteiger partial charge in [0.1, 0.15) is 6.10 Å². The molecule has 2 aliphatic rings. The van der Waals surface area contributed by atoms with E-state index in [0.717, 1.165) is 58.4 Å². The van der Waals surface area contributed by atoms with Gasteiger partial charge in [0.15, 0.2) is 0 Å². The van der Waals surface area contributed by atoms with Gasteiger partial charge in [-0.1, -0.05) is 32.0 Å². The fourth-order valence-corrected chi connectivity index (χ4v) is 4.65. The predicted octanol–water partition coefficient (Wildman–Crippen LogP) is 4.36.